The first-order valence-corrected chi connectivity index (χ1v) is 8.53. The van der Waals surface area contributed by atoms with E-state index in [1.54, 1.807) is 16.7 Å². The molecule has 0 radical (unpaired) electrons. The number of amides is 1. The number of nitrogens with zero attached hydrogens (tertiary/aromatic N) is 1. The number of benzene rings is 1. The second kappa shape index (κ2) is 7.18. The van der Waals surface area contributed by atoms with Gasteiger partial charge >= 0.3 is 5.97 Å². The molecule has 1 heterocycles. The number of hydrogen-bond acceptors (Lipinski definition) is 3. The largest absolute Gasteiger partial charge is 0.481 e. The molecule has 1 aromatic carbocycles. The zero-order chi connectivity index (χ0) is 16.3. The number of carboxylic acids is 1. The molecule has 1 aliphatic heterocycles. The van der Waals surface area contributed by atoms with Crippen LogP contribution in [0.3, 0.4) is 0 Å². The Labute approximate surface area is 135 Å². The van der Waals surface area contributed by atoms with Gasteiger partial charge in [0.1, 0.15) is 0 Å². The third kappa shape index (κ3) is 4.26. The highest BCUT2D eigenvalue weighted by atomic mass is 32.2. The third-order valence-electron chi connectivity index (χ3n) is 3.77. The van der Waals surface area contributed by atoms with E-state index in [-0.39, 0.29) is 11.8 Å². The van der Waals surface area contributed by atoms with Crippen molar-refractivity contribution < 1.29 is 14.7 Å². The summed E-state index contributed by atoms with van der Waals surface area (Å²) in [6.45, 7) is 7.19. The molecule has 2 unspecified atom stereocenters. The SMILES string of the molecule is CC1CC(C(=O)O)CN(C(=O)c2ccc(SC(C)C)cc2)C1. The topological polar surface area (TPSA) is 57.6 Å². The van der Waals surface area contributed by atoms with Crippen LogP contribution in [0, 0.1) is 11.8 Å². The van der Waals surface area contributed by atoms with Crippen molar-refractivity contribution in [3.8, 4) is 0 Å². The lowest BCUT2D eigenvalue weighted by atomic mass is 9.90. The van der Waals surface area contributed by atoms with Crippen LogP contribution in [0.5, 0.6) is 0 Å². The standard InChI is InChI=1S/C17H23NO3S/c1-11(2)22-15-6-4-13(5-7-15)16(19)18-9-12(3)8-14(10-18)17(20)21/h4-7,11-12,14H,8-10H2,1-3H3,(H,20,21). The van der Waals surface area contributed by atoms with Gasteiger partial charge in [0.15, 0.2) is 0 Å². The zero-order valence-corrected chi connectivity index (χ0v) is 14.1. The van der Waals surface area contributed by atoms with Crippen molar-refractivity contribution in [3.63, 3.8) is 0 Å². The van der Waals surface area contributed by atoms with Crippen molar-refractivity contribution in [2.75, 3.05) is 13.1 Å². The van der Waals surface area contributed by atoms with E-state index >= 15 is 0 Å². The quantitative estimate of drug-likeness (QED) is 0.864. The van der Waals surface area contributed by atoms with Crippen LogP contribution in [0.2, 0.25) is 0 Å². The van der Waals surface area contributed by atoms with Crippen molar-refractivity contribution in [1.82, 2.24) is 4.90 Å². The normalized spacial score (nSPS) is 21.9. The lowest BCUT2D eigenvalue weighted by molar-refractivity contribution is -0.143. The van der Waals surface area contributed by atoms with Gasteiger partial charge < -0.3 is 10.0 Å². The summed E-state index contributed by atoms with van der Waals surface area (Å²) < 4.78 is 0. The molecule has 1 saturated heterocycles. The van der Waals surface area contributed by atoms with Crippen LogP contribution in [-0.2, 0) is 4.79 Å². The maximum atomic E-state index is 12.6. The molecule has 0 bridgehead atoms. The summed E-state index contributed by atoms with van der Waals surface area (Å²) in [5.41, 5.74) is 0.631. The van der Waals surface area contributed by atoms with Crippen molar-refractivity contribution in [2.45, 2.75) is 37.3 Å². The molecule has 0 saturated carbocycles. The minimum atomic E-state index is -0.812. The first kappa shape index (κ1) is 16.9. The number of piperidine rings is 1. The van der Waals surface area contributed by atoms with Crippen LogP contribution in [-0.4, -0.2) is 40.2 Å². The summed E-state index contributed by atoms with van der Waals surface area (Å²) in [6.07, 6.45) is 0.642. The number of hydrogen-bond donors (Lipinski definition) is 1. The molecular weight excluding hydrogens is 298 g/mol. The maximum Gasteiger partial charge on any atom is 0.308 e. The van der Waals surface area contributed by atoms with Gasteiger partial charge in [-0.2, -0.15) is 0 Å². The van der Waals surface area contributed by atoms with Gasteiger partial charge in [0.05, 0.1) is 5.92 Å². The Hall–Kier alpha value is -1.49. The van der Waals surface area contributed by atoms with E-state index < -0.39 is 11.9 Å². The highest BCUT2D eigenvalue weighted by Crippen LogP contribution is 2.25. The highest BCUT2D eigenvalue weighted by molar-refractivity contribution is 7.99. The Morgan fingerprint density at radius 3 is 2.41 bits per heavy atom. The van der Waals surface area contributed by atoms with Crippen molar-refractivity contribution in [3.05, 3.63) is 29.8 Å². The van der Waals surface area contributed by atoms with Crippen LogP contribution in [0.15, 0.2) is 29.2 Å². The molecule has 4 nitrogen and oxygen atoms in total. The average molecular weight is 321 g/mol. The Bertz CT molecular complexity index is 541. The number of rotatable bonds is 4. The minimum absolute atomic E-state index is 0.0705. The average Bonchev–Trinajstić information content (AvgIpc) is 2.46. The fourth-order valence-corrected chi connectivity index (χ4v) is 3.66. The summed E-state index contributed by atoms with van der Waals surface area (Å²) in [4.78, 5) is 26.6. The molecule has 0 aromatic heterocycles. The highest BCUT2D eigenvalue weighted by Gasteiger charge is 2.32. The van der Waals surface area contributed by atoms with Crippen LogP contribution in [0.4, 0.5) is 0 Å². The Morgan fingerprint density at radius 1 is 1.23 bits per heavy atom. The molecule has 22 heavy (non-hydrogen) atoms. The Kier molecular flexibility index (Phi) is 5.51. The molecule has 2 rings (SSSR count). The number of likely N-dealkylation sites (tertiary alicyclic amines) is 1. The Morgan fingerprint density at radius 2 is 1.86 bits per heavy atom. The van der Waals surface area contributed by atoms with E-state index in [2.05, 4.69) is 13.8 Å². The van der Waals surface area contributed by atoms with Gasteiger partial charge in [-0.3, -0.25) is 9.59 Å². The minimum Gasteiger partial charge on any atom is -0.481 e. The second-order valence-corrected chi connectivity index (χ2v) is 7.93. The Balaban J connectivity index is 2.08. The molecule has 1 aliphatic rings. The van der Waals surface area contributed by atoms with Gasteiger partial charge in [0, 0.05) is 28.8 Å². The predicted octanol–water partition coefficient (Wildman–Crippen LogP) is 3.37. The third-order valence-corrected chi connectivity index (χ3v) is 4.78. The van der Waals surface area contributed by atoms with E-state index in [1.165, 1.54) is 0 Å². The van der Waals surface area contributed by atoms with Gasteiger partial charge in [-0.1, -0.05) is 20.8 Å². The second-order valence-electron chi connectivity index (χ2n) is 6.28. The number of carboxylic acid groups (broad SMARTS) is 1. The summed E-state index contributed by atoms with van der Waals surface area (Å²) in [7, 11) is 0. The van der Waals surface area contributed by atoms with Gasteiger partial charge in [0.2, 0.25) is 0 Å². The lowest BCUT2D eigenvalue weighted by Crippen LogP contribution is -2.45. The molecular formula is C17H23NO3S. The molecule has 0 aliphatic carbocycles. The van der Waals surface area contributed by atoms with Gasteiger partial charge in [-0.25, -0.2) is 0 Å². The van der Waals surface area contributed by atoms with Gasteiger partial charge in [0.25, 0.3) is 5.91 Å². The summed E-state index contributed by atoms with van der Waals surface area (Å²) in [5, 5.41) is 9.71. The number of thioether (sulfide) groups is 1. The first-order chi connectivity index (χ1) is 10.4. The summed E-state index contributed by atoms with van der Waals surface area (Å²) >= 11 is 1.76. The fourth-order valence-electron chi connectivity index (χ4n) is 2.83. The van der Waals surface area contributed by atoms with Crippen molar-refractivity contribution in [2.24, 2.45) is 11.8 Å². The van der Waals surface area contributed by atoms with Crippen LogP contribution < -0.4 is 0 Å². The van der Waals surface area contributed by atoms with E-state index in [0.717, 1.165) is 4.90 Å². The smallest absolute Gasteiger partial charge is 0.308 e. The van der Waals surface area contributed by atoms with E-state index in [1.807, 2.05) is 31.2 Å². The van der Waals surface area contributed by atoms with Crippen LogP contribution in [0.1, 0.15) is 37.6 Å². The molecule has 2 atom stereocenters. The van der Waals surface area contributed by atoms with E-state index in [9.17, 15) is 14.7 Å². The van der Waals surface area contributed by atoms with Gasteiger partial charge in [-0.05, 0) is 36.6 Å². The summed E-state index contributed by atoms with van der Waals surface area (Å²) in [5.74, 6) is -1.12. The lowest BCUT2D eigenvalue weighted by Gasteiger charge is -2.34. The molecule has 1 N–H and O–H groups in total. The zero-order valence-electron chi connectivity index (χ0n) is 13.3. The van der Waals surface area contributed by atoms with Crippen molar-refractivity contribution >= 4 is 23.6 Å². The molecule has 1 fully saturated rings. The molecule has 0 spiro atoms. The fraction of sp³-hybridized carbons (Fsp3) is 0.529. The van der Waals surface area contributed by atoms with Gasteiger partial charge in [-0.15, -0.1) is 11.8 Å². The number of aliphatic carboxylic acids is 1. The molecule has 5 heteroatoms. The number of carbonyl (C=O) groups is 2. The maximum absolute atomic E-state index is 12.6. The van der Waals surface area contributed by atoms with E-state index in [4.69, 9.17) is 0 Å². The molecule has 120 valence electrons. The molecule has 1 aromatic rings. The first-order valence-electron chi connectivity index (χ1n) is 7.65. The molecule has 1 amide bonds. The van der Waals surface area contributed by atoms with Crippen LogP contribution in [0.25, 0.3) is 0 Å². The number of carbonyl (C=O) groups excluding carboxylic acids is 1. The van der Waals surface area contributed by atoms with E-state index in [0.29, 0.717) is 30.3 Å². The predicted molar refractivity (Wildman–Crippen MR) is 88.2 cm³/mol. The summed E-state index contributed by atoms with van der Waals surface area (Å²) in [6, 6.07) is 7.59. The van der Waals surface area contributed by atoms with Crippen LogP contribution >= 0.6 is 11.8 Å². The van der Waals surface area contributed by atoms with Crippen molar-refractivity contribution in [1.29, 1.82) is 0 Å². The monoisotopic (exact) mass is 321 g/mol.